The molecule has 2 N–H and O–H groups in total. The van der Waals surface area contributed by atoms with Crippen LogP contribution in [0.2, 0.25) is 0 Å². The summed E-state index contributed by atoms with van der Waals surface area (Å²) in [6.45, 7) is -0.389. The van der Waals surface area contributed by atoms with Gasteiger partial charge in [0.25, 0.3) is 0 Å². The van der Waals surface area contributed by atoms with E-state index in [4.69, 9.17) is 5.73 Å². The second kappa shape index (κ2) is 6.77. The number of alkyl halides is 1. The number of nitrogens with two attached hydrogens (primary N) is 1. The molecule has 0 spiro atoms. The first kappa shape index (κ1) is 14.4. The highest BCUT2D eigenvalue weighted by Crippen LogP contribution is 2.27. The molecule has 0 unspecified atom stereocenters. The summed E-state index contributed by atoms with van der Waals surface area (Å²) in [4.78, 5) is 0. The standard InChI is InChI=1S/C9H10Br2FN.ClH/c10-6-1-2-8(11)7(5-6)9(13)3-4-12;/h1-2,5,9H,3-4,13H2;1H/t9-;/m1./s1. The molecule has 0 aliphatic rings. The number of benzene rings is 1. The summed E-state index contributed by atoms with van der Waals surface area (Å²) in [5.41, 5.74) is 6.72. The van der Waals surface area contributed by atoms with Crippen LogP contribution < -0.4 is 5.73 Å². The molecule has 0 amide bonds. The maximum atomic E-state index is 12.1. The van der Waals surface area contributed by atoms with Crippen LogP contribution in [0.4, 0.5) is 4.39 Å². The average Bonchev–Trinajstić information content (AvgIpc) is 2.09. The van der Waals surface area contributed by atoms with E-state index >= 15 is 0 Å². The van der Waals surface area contributed by atoms with Crippen molar-refractivity contribution < 1.29 is 4.39 Å². The van der Waals surface area contributed by atoms with E-state index in [1.54, 1.807) is 0 Å². The van der Waals surface area contributed by atoms with Crippen LogP contribution in [0.15, 0.2) is 27.1 Å². The number of rotatable bonds is 3. The Kier molecular flexibility index (Phi) is 6.95. The summed E-state index contributed by atoms with van der Waals surface area (Å²) in [5, 5.41) is 0. The van der Waals surface area contributed by atoms with Gasteiger partial charge in [0, 0.05) is 15.0 Å². The van der Waals surface area contributed by atoms with Gasteiger partial charge in [0.1, 0.15) is 0 Å². The van der Waals surface area contributed by atoms with Crippen LogP contribution in [-0.4, -0.2) is 6.67 Å². The van der Waals surface area contributed by atoms with Crippen molar-refractivity contribution in [1.82, 2.24) is 0 Å². The molecule has 1 rings (SSSR count). The normalized spacial score (nSPS) is 12.0. The quantitative estimate of drug-likeness (QED) is 0.879. The summed E-state index contributed by atoms with van der Waals surface area (Å²) in [6.07, 6.45) is 0.356. The van der Waals surface area contributed by atoms with Gasteiger partial charge in [-0.3, -0.25) is 4.39 Å². The first-order valence-electron chi connectivity index (χ1n) is 3.91. The first-order valence-corrected chi connectivity index (χ1v) is 5.50. The second-order valence-corrected chi connectivity index (χ2v) is 4.52. The van der Waals surface area contributed by atoms with Crippen LogP contribution in [0.25, 0.3) is 0 Å². The lowest BCUT2D eigenvalue weighted by Crippen LogP contribution is -2.11. The van der Waals surface area contributed by atoms with Crippen molar-refractivity contribution >= 4 is 44.3 Å². The van der Waals surface area contributed by atoms with Gasteiger partial charge in [-0.25, -0.2) is 0 Å². The third-order valence-corrected chi connectivity index (χ3v) is 2.99. The van der Waals surface area contributed by atoms with Gasteiger partial charge in [0.2, 0.25) is 0 Å². The molecule has 1 aromatic rings. The van der Waals surface area contributed by atoms with Crippen LogP contribution in [0.3, 0.4) is 0 Å². The lowest BCUT2D eigenvalue weighted by Gasteiger charge is -2.12. The van der Waals surface area contributed by atoms with E-state index in [9.17, 15) is 4.39 Å². The molecular weight excluding hydrogens is 336 g/mol. The van der Waals surface area contributed by atoms with E-state index in [0.29, 0.717) is 6.42 Å². The fourth-order valence-corrected chi connectivity index (χ4v) is 1.99. The molecule has 0 aliphatic heterocycles. The number of hydrogen-bond donors (Lipinski definition) is 1. The Morgan fingerprint density at radius 2 is 2.00 bits per heavy atom. The maximum Gasteiger partial charge on any atom is 0.0912 e. The molecule has 14 heavy (non-hydrogen) atoms. The van der Waals surface area contributed by atoms with Gasteiger partial charge >= 0.3 is 0 Å². The minimum absolute atomic E-state index is 0. The molecule has 5 heteroatoms. The molecule has 0 saturated carbocycles. The highest BCUT2D eigenvalue weighted by Gasteiger charge is 2.09. The zero-order chi connectivity index (χ0) is 9.84. The first-order chi connectivity index (χ1) is 6.15. The molecular formula is C9H11Br2ClFN. The monoisotopic (exact) mass is 345 g/mol. The Morgan fingerprint density at radius 3 is 2.57 bits per heavy atom. The molecule has 0 aliphatic carbocycles. The minimum Gasteiger partial charge on any atom is -0.324 e. The third kappa shape index (κ3) is 3.85. The predicted octanol–water partition coefficient (Wildman–Crippen LogP) is 3.99. The second-order valence-electron chi connectivity index (χ2n) is 2.75. The molecule has 0 bridgehead atoms. The topological polar surface area (TPSA) is 26.0 Å². The van der Waals surface area contributed by atoms with Gasteiger partial charge in [0.05, 0.1) is 6.67 Å². The lowest BCUT2D eigenvalue weighted by molar-refractivity contribution is 0.441. The highest BCUT2D eigenvalue weighted by molar-refractivity contribution is 9.11. The van der Waals surface area contributed by atoms with Crippen molar-refractivity contribution in [3.63, 3.8) is 0 Å². The van der Waals surface area contributed by atoms with Gasteiger partial charge in [-0.2, -0.15) is 0 Å². The van der Waals surface area contributed by atoms with Crippen LogP contribution in [0.1, 0.15) is 18.0 Å². The minimum atomic E-state index is -0.389. The molecule has 0 fully saturated rings. The van der Waals surface area contributed by atoms with Crippen LogP contribution in [0, 0.1) is 0 Å². The molecule has 1 aromatic carbocycles. The van der Waals surface area contributed by atoms with Gasteiger partial charge in [-0.1, -0.05) is 31.9 Å². The van der Waals surface area contributed by atoms with Gasteiger partial charge in [0.15, 0.2) is 0 Å². The summed E-state index contributed by atoms with van der Waals surface area (Å²) < 4.78 is 13.9. The molecule has 1 nitrogen and oxygen atoms in total. The summed E-state index contributed by atoms with van der Waals surface area (Å²) in [7, 11) is 0. The Bertz CT molecular complexity index is 296. The number of halogens is 4. The van der Waals surface area contributed by atoms with Crippen LogP contribution in [0.5, 0.6) is 0 Å². The van der Waals surface area contributed by atoms with E-state index < -0.39 is 0 Å². The zero-order valence-electron chi connectivity index (χ0n) is 7.34. The molecule has 0 radical (unpaired) electrons. The SMILES string of the molecule is Cl.N[C@H](CCF)c1cc(Br)ccc1Br. The van der Waals surface area contributed by atoms with E-state index in [1.165, 1.54) is 0 Å². The third-order valence-electron chi connectivity index (χ3n) is 1.78. The van der Waals surface area contributed by atoms with Crippen molar-refractivity contribution in [2.45, 2.75) is 12.5 Å². The summed E-state index contributed by atoms with van der Waals surface area (Å²) in [5.74, 6) is 0. The number of hydrogen-bond acceptors (Lipinski definition) is 1. The highest BCUT2D eigenvalue weighted by atomic mass is 79.9. The van der Waals surface area contributed by atoms with E-state index in [-0.39, 0.29) is 25.1 Å². The molecule has 80 valence electrons. The van der Waals surface area contributed by atoms with Crippen molar-refractivity contribution in [1.29, 1.82) is 0 Å². The predicted molar refractivity (Wildman–Crippen MR) is 66.6 cm³/mol. The fraction of sp³-hybridized carbons (Fsp3) is 0.333. The summed E-state index contributed by atoms with van der Waals surface area (Å²) in [6, 6.07) is 5.48. The Hall–Kier alpha value is 0.360. The van der Waals surface area contributed by atoms with E-state index in [0.717, 1.165) is 14.5 Å². The van der Waals surface area contributed by atoms with Gasteiger partial charge in [-0.05, 0) is 30.2 Å². The smallest absolute Gasteiger partial charge is 0.0912 e. The van der Waals surface area contributed by atoms with Crippen molar-refractivity contribution in [3.05, 3.63) is 32.7 Å². The van der Waals surface area contributed by atoms with Crippen LogP contribution >= 0.6 is 44.3 Å². The fourth-order valence-electron chi connectivity index (χ4n) is 1.07. The molecule has 1 atom stereocenters. The molecule has 0 aromatic heterocycles. The average molecular weight is 347 g/mol. The molecule has 0 heterocycles. The van der Waals surface area contributed by atoms with Gasteiger partial charge in [-0.15, -0.1) is 12.4 Å². The molecule has 0 saturated heterocycles. The van der Waals surface area contributed by atoms with E-state index in [2.05, 4.69) is 31.9 Å². The van der Waals surface area contributed by atoms with E-state index in [1.807, 2.05) is 18.2 Å². The van der Waals surface area contributed by atoms with Crippen LogP contribution in [-0.2, 0) is 0 Å². The largest absolute Gasteiger partial charge is 0.324 e. The van der Waals surface area contributed by atoms with Gasteiger partial charge < -0.3 is 5.73 Å². The van der Waals surface area contributed by atoms with Crippen molar-refractivity contribution in [2.24, 2.45) is 5.73 Å². The van der Waals surface area contributed by atoms with Crippen molar-refractivity contribution in [2.75, 3.05) is 6.67 Å². The van der Waals surface area contributed by atoms with Crippen molar-refractivity contribution in [3.8, 4) is 0 Å². The Balaban J connectivity index is 0.00000169. The zero-order valence-corrected chi connectivity index (χ0v) is 11.3. The Labute approximate surface area is 106 Å². The lowest BCUT2D eigenvalue weighted by atomic mass is 10.1. The maximum absolute atomic E-state index is 12.1. The Morgan fingerprint density at radius 1 is 1.36 bits per heavy atom. The summed E-state index contributed by atoms with van der Waals surface area (Å²) >= 11 is 6.72.